The molecule has 1 amide bonds. The number of hydrogen-bond donors (Lipinski definition) is 1. The van der Waals surface area contributed by atoms with Gasteiger partial charge in [-0.15, -0.1) is 0 Å². The summed E-state index contributed by atoms with van der Waals surface area (Å²) < 4.78 is 32.5. The van der Waals surface area contributed by atoms with Crippen LogP contribution >= 0.6 is 0 Å². The van der Waals surface area contributed by atoms with Crippen LogP contribution in [0.5, 0.6) is 0 Å². The molecule has 1 saturated heterocycles. The van der Waals surface area contributed by atoms with Gasteiger partial charge in [-0.3, -0.25) is 9.59 Å². The van der Waals surface area contributed by atoms with Crippen LogP contribution in [0.3, 0.4) is 0 Å². The lowest BCUT2D eigenvalue weighted by Crippen LogP contribution is -2.41. The average Bonchev–Trinajstić information content (AvgIpc) is 2.73. The molecule has 1 aromatic rings. The van der Waals surface area contributed by atoms with Gasteiger partial charge in [-0.1, -0.05) is 32.8 Å². The Hall–Kier alpha value is -1.93. The lowest BCUT2D eigenvalue weighted by molar-refractivity contribution is -0.153. The standard InChI is InChI=1S/C24H38N2O5S/c1-17(2)7-6-8-20(5)25-23(27)16-31-24(28)21-11-13-26(14-12-21)32(29,30)22-10-9-18(3)19(4)15-22/h9-10,15,17,20-21H,6-8,11-14,16H2,1-5H3,(H,25,27). The van der Waals surface area contributed by atoms with Gasteiger partial charge in [-0.25, -0.2) is 8.42 Å². The lowest BCUT2D eigenvalue weighted by atomic mass is 9.98. The molecule has 0 saturated carbocycles. The van der Waals surface area contributed by atoms with Crippen molar-refractivity contribution in [2.24, 2.45) is 11.8 Å². The van der Waals surface area contributed by atoms with E-state index in [0.29, 0.717) is 18.8 Å². The van der Waals surface area contributed by atoms with Crippen LogP contribution in [0, 0.1) is 25.7 Å². The van der Waals surface area contributed by atoms with Crippen molar-refractivity contribution in [2.75, 3.05) is 19.7 Å². The van der Waals surface area contributed by atoms with E-state index in [9.17, 15) is 18.0 Å². The van der Waals surface area contributed by atoms with Crippen LogP contribution in [0.1, 0.15) is 64.0 Å². The summed E-state index contributed by atoms with van der Waals surface area (Å²) in [7, 11) is -3.59. The van der Waals surface area contributed by atoms with Crippen LogP contribution in [-0.4, -0.2) is 50.3 Å². The van der Waals surface area contributed by atoms with Gasteiger partial charge < -0.3 is 10.1 Å². The summed E-state index contributed by atoms with van der Waals surface area (Å²) in [6.45, 7) is 10.3. The highest BCUT2D eigenvalue weighted by Crippen LogP contribution is 2.25. The Kier molecular flexibility index (Phi) is 9.70. The van der Waals surface area contributed by atoms with E-state index in [2.05, 4.69) is 19.2 Å². The first kappa shape index (κ1) is 26.3. The third-order valence-electron chi connectivity index (χ3n) is 6.07. The Morgan fingerprint density at radius 3 is 2.34 bits per heavy atom. The van der Waals surface area contributed by atoms with E-state index in [1.54, 1.807) is 12.1 Å². The van der Waals surface area contributed by atoms with Crippen molar-refractivity contribution in [3.05, 3.63) is 29.3 Å². The summed E-state index contributed by atoms with van der Waals surface area (Å²) in [5, 5.41) is 2.86. The fourth-order valence-corrected chi connectivity index (χ4v) is 5.39. The Morgan fingerprint density at radius 1 is 1.09 bits per heavy atom. The van der Waals surface area contributed by atoms with E-state index in [1.165, 1.54) is 4.31 Å². The molecule has 1 atom stereocenters. The minimum atomic E-state index is -3.59. The van der Waals surface area contributed by atoms with Crippen molar-refractivity contribution in [3.63, 3.8) is 0 Å². The van der Waals surface area contributed by atoms with Crippen molar-refractivity contribution in [2.45, 2.75) is 77.7 Å². The summed E-state index contributed by atoms with van der Waals surface area (Å²) in [6.07, 6.45) is 3.83. The predicted molar refractivity (Wildman–Crippen MR) is 125 cm³/mol. The first-order valence-electron chi connectivity index (χ1n) is 11.5. The molecule has 0 aromatic heterocycles. The molecular formula is C24H38N2O5S. The van der Waals surface area contributed by atoms with Crippen molar-refractivity contribution in [3.8, 4) is 0 Å². The fourth-order valence-electron chi connectivity index (χ4n) is 3.83. The van der Waals surface area contributed by atoms with Crippen LogP contribution in [0.15, 0.2) is 23.1 Å². The zero-order valence-corrected chi connectivity index (χ0v) is 20.8. The Morgan fingerprint density at radius 2 is 1.75 bits per heavy atom. The number of nitrogens with one attached hydrogen (secondary N) is 1. The second kappa shape index (κ2) is 11.8. The zero-order chi connectivity index (χ0) is 23.9. The quantitative estimate of drug-likeness (QED) is 0.532. The van der Waals surface area contributed by atoms with Crippen LogP contribution < -0.4 is 5.32 Å². The van der Waals surface area contributed by atoms with Crippen LogP contribution in [0.2, 0.25) is 0 Å². The molecule has 7 nitrogen and oxygen atoms in total. The number of ether oxygens (including phenoxy) is 1. The molecule has 1 aliphatic heterocycles. The van der Waals surface area contributed by atoms with Gasteiger partial charge in [0, 0.05) is 19.1 Å². The minimum Gasteiger partial charge on any atom is -0.455 e. The summed E-state index contributed by atoms with van der Waals surface area (Å²) >= 11 is 0. The van der Waals surface area contributed by atoms with Gasteiger partial charge in [0.05, 0.1) is 10.8 Å². The number of aryl methyl sites for hydroxylation is 2. The molecule has 2 rings (SSSR count). The fraction of sp³-hybridized carbons (Fsp3) is 0.667. The van der Waals surface area contributed by atoms with Crippen molar-refractivity contribution in [1.82, 2.24) is 9.62 Å². The Balaban J connectivity index is 1.77. The van der Waals surface area contributed by atoms with E-state index < -0.39 is 21.9 Å². The number of amides is 1. The monoisotopic (exact) mass is 466 g/mol. The predicted octanol–water partition coefficient (Wildman–Crippen LogP) is 3.58. The maximum atomic E-state index is 12.9. The molecule has 1 unspecified atom stereocenters. The molecule has 0 aliphatic carbocycles. The van der Waals surface area contributed by atoms with E-state index in [-0.39, 0.29) is 36.5 Å². The minimum absolute atomic E-state index is 0.0406. The number of hydrogen-bond acceptors (Lipinski definition) is 5. The summed E-state index contributed by atoms with van der Waals surface area (Å²) in [6, 6.07) is 5.16. The molecule has 0 bridgehead atoms. The number of sulfonamides is 1. The number of rotatable bonds is 10. The van der Waals surface area contributed by atoms with Crippen molar-refractivity contribution >= 4 is 21.9 Å². The molecule has 1 N–H and O–H groups in total. The number of carbonyl (C=O) groups excluding carboxylic acids is 2. The number of piperidine rings is 1. The molecule has 0 spiro atoms. The third kappa shape index (κ3) is 7.59. The Labute approximate surface area is 193 Å². The van der Waals surface area contributed by atoms with Gasteiger partial charge in [-0.05, 0) is 69.2 Å². The molecule has 1 aromatic carbocycles. The van der Waals surface area contributed by atoms with E-state index in [1.807, 2.05) is 26.8 Å². The largest absolute Gasteiger partial charge is 0.455 e. The highest BCUT2D eigenvalue weighted by atomic mass is 32.2. The van der Waals surface area contributed by atoms with E-state index >= 15 is 0 Å². The highest BCUT2D eigenvalue weighted by Gasteiger charge is 2.33. The smallest absolute Gasteiger partial charge is 0.309 e. The van der Waals surface area contributed by atoms with Crippen molar-refractivity contribution < 1.29 is 22.7 Å². The van der Waals surface area contributed by atoms with Gasteiger partial charge in [0.25, 0.3) is 5.91 Å². The number of carbonyl (C=O) groups is 2. The zero-order valence-electron chi connectivity index (χ0n) is 20.0. The SMILES string of the molecule is Cc1ccc(S(=O)(=O)N2CCC(C(=O)OCC(=O)NC(C)CCCC(C)C)CC2)cc1C. The first-order chi connectivity index (χ1) is 15.0. The molecular weight excluding hydrogens is 428 g/mol. The van der Waals surface area contributed by atoms with Crippen LogP contribution in [0.4, 0.5) is 0 Å². The van der Waals surface area contributed by atoms with Gasteiger partial charge in [-0.2, -0.15) is 4.31 Å². The third-order valence-corrected chi connectivity index (χ3v) is 7.97. The molecule has 8 heteroatoms. The molecule has 180 valence electrons. The number of benzene rings is 1. The highest BCUT2D eigenvalue weighted by molar-refractivity contribution is 7.89. The topological polar surface area (TPSA) is 92.8 Å². The lowest BCUT2D eigenvalue weighted by Gasteiger charge is -2.30. The number of nitrogens with zero attached hydrogens (tertiary/aromatic N) is 1. The second-order valence-corrected chi connectivity index (χ2v) is 11.3. The van der Waals surface area contributed by atoms with Gasteiger partial charge in [0.1, 0.15) is 0 Å². The maximum absolute atomic E-state index is 12.9. The second-order valence-electron chi connectivity index (χ2n) is 9.33. The normalized spacial score (nSPS) is 16.7. The van der Waals surface area contributed by atoms with E-state index in [0.717, 1.165) is 30.4 Å². The summed E-state index contributed by atoms with van der Waals surface area (Å²) in [5.74, 6) is -0.486. The molecule has 32 heavy (non-hydrogen) atoms. The van der Waals surface area contributed by atoms with Gasteiger partial charge in [0.15, 0.2) is 6.61 Å². The molecule has 1 heterocycles. The van der Waals surface area contributed by atoms with Gasteiger partial charge in [0.2, 0.25) is 10.0 Å². The Bertz CT molecular complexity index is 890. The average molecular weight is 467 g/mol. The van der Waals surface area contributed by atoms with E-state index in [4.69, 9.17) is 4.74 Å². The van der Waals surface area contributed by atoms with Crippen molar-refractivity contribution in [1.29, 1.82) is 0 Å². The number of esters is 1. The molecule has 1 fully saturated rings. The van der Waals surface area contributed by atoms with Crippen LogP contribution in [-0.2, 0) is 24.3 Å². The van der Waals surface area contributed by atoms with Crippen LogP contribution in [0.25, 0.3) is 0 Å². The summed E-state index contributed by atoms with van der Waals surface area (Å²) in [4.78, 5) is 24.7. The summed E-state index contributed by atoms with van der Waals surface area (Å²) in [5.41, 5.74) is 1.97. The maximum Gasteiger partial charge on any atom is 0.309 e. The van der Waals surface area contributed by atoms with Gasteiger partial charge >= 0.3 is 5.97 Å². The molecule has 1 aliphatic rings. The molecule has 0 radical (unpaired) electrons. The first-order valence-corrected chi connectivity index (χ1v) is 13.0.